The van der Waals surface area contributed by atoms with Crippen molar-refractivity contribution >= 4 is 0 Å². The fourth-order valence-electron chi connectivity index (χ4n) is 11.0. The first-order valence-electron chi connectivity index (χ1n) is 19.1. The van der Waals surface area contributed by atoms with Crippen molar-refractivity contribution in [3.8, 4) is 0 Å². The molecule has 13 nitrogen and oxygen atoms in total. The topological polar surface area (TPSA) is 219 Å². The maximum atomic E-state index is 12.0. The van der Waals surface area contributed by atoms with Crippen LogP contribution in [0.25, 0.3) is 0 Å². The van der Waals surface area contributed by atoms with E-state index in [9.17, 15) is 46.0 Å². The third-order valence-electron chi connectivity index (χ3n) is 13.8. The zero-order valence-electron chi connectivity index (χ0n) is 30.5. The van der Waals surface area contributed by atoms with Gasteiger partial charge in [-0.25, -0.2) is 0 Å². The van der Waals surface area contributed by atoms with Crippen molar-refractivity contribution in [3.05, 3.63) is 23.8 Å². The van der Waals surface area contributed by atoms with Crippen molar-refractivity contribution in [1.82, 2.24) is 0 Å². The lowest BCUT2D eigenvalue weighted by molar-refractivity contribution is -0.363. The molecule has 2 unspecified atom stereocenters. The molecule has 2 saturated heterocycles. The minimum atomic E-state index is -1.79. The van der Waals surface area contributed by atoms with Crippen molar-refractivity contribution in [2.45, 2.75) is 153 Å². The van der Waals surface area contributed by atoms with Gasteiger partial charge in [-0.15, -0.1) is 0 Å². The molecule has 4 aliphatic carbocycles. The second-order valence-electron chi connectivity index (χ2n) is 17.3. The first-order valence-corrected chi connectivity index (χ1v) is 19.1. The number of aliphatic hydroxyl groups is 9. The molecule has 5 fully saturated rings. The summed E-state index contributed by atoms with van der Waals surface area (Å²) in [6, 6.07) is 0. The number of allylic oxidation sites excluding steroid dienone is 2. The van der Waals surface area contributed by atoms with Gasteiger partial charge in [0.25, 0.3) is 0 Å². The second-order valence-corrected chi connectivity index (χ2v) is 17.3. The van der Waals surface area contributed by atoms with E-state index in [1.807, 2.05) is 0 Å². The van der Waals surface area contributed by atoms with Crippen molar-refractivity contribution in [1.29, 1.82) is 0 Å². The lowest BCUT2D eigenvalue weighted by atomic mass is 9.46. The first-order chi connectivity index (χ1) is 24.0. The highest BCUT2D eigenvalue weighted by molar-refractivity contribution is 5.33. The van der Waals surface area contributed by atoms with E-state index in [0.29, 0.717) is 23.3 Å². The molecular weight excluding hydrogens is 664 g/mol. The van der Waals surface area contributed by atoms with E-state index >= 15 is 0 Å². The van der Waals surface area contributed by atoms with Crippen molar-refractivity contribution in [3.63, 3.8) is 0 Å². The van der Waals surface area contributed by atoms with Crippen LogP contribution in [0.1, 0.15) is 73.1 Å². The highest BCUT2D eigenvalue weighted by Crippen LogP contribution is 2.67. The van der Waals surface area contributed by atoms with Gasteiger partial charge in [-0.3, -0.25) is 0 Å². The van der Waals surface area contributed by atoms with Crippen LogP contribution in [0.2, 0.25) is 0 Å². The van der Waals surface area contributed by atoms with Crippen LogP contribution < -0.4 is 0 Å². The van der Waals surface area contributed by atoms with Crippen LogP contribution in [-0.4, -0.2) is 139 Å². The molecular formula is C38H62O13. The fraction of sp³-hybridized carbons (Fsp3) is 0.895. The maximum Gasteiger partial charge on any atom is 0.187 e. The van der Waals surface area contributed by atoms with Crippen LogP contribution in [0.15, 0.2) is 23.8 Å². The van der Waals surface area contributed by atoms with E-state index < -0.39 is 91.7 Å². The van der Waals surface area contributed by atoms with Gasteiger partial charge in [0.2, 0.25) is 0 Å². The van der Waals surface area contributed by atoms with E-state index in [1.54, 1.807) is 6.08 Å². The molecule has 292 valence electrons. The van der Waals surface area contributed by atoms with Crippen LogP contribution in [-0.2, 0) is 18.9 Å². The van der Waals surface area contributed by atoms with Crippen LogP contribution in [0, 0.1) is 46.3 Å². The van der Waals surface area contributed by atoms with Gasteiger partial charge in [-0.1, -0.05) is 52.8 Å². The van der Waals surface area contributed by atoms with Crippen LogP contribution >= 0.6 is 0 Å². The molecule has 20 atom stereocenters. The molecule has 0 amide bonds. The monoisotopic (exact) mass is 726 g/mol. The lowest BCUT2D eigenvalue weighted by Gasteiger charge is -2.61. The molecule has 2 heterocycles. The number of ether oxygens (including phenoxy) is 4. The predicted octanol–water partition coefficient (Wildman–Crippen LogP) is 0.365. The Hall–Kier alpha value is -1.04. The lowest BCUT2D eigenvalue weighted by Crippen LogP contribution is -2.64. The Bertz CT molecular complexity index is 1260. The molecule has 0 aromatic rings. The Labute approximate surface area is 300 Å². The largest absolute Gasteiger partial charge is 0.394 e. The van der Waals surface area contributed by atoms with Crippen molar-refractivity contribution in [2.75, 3.05) is 13.2 Å². The van der Waals surface area contributed by atoms with Gasteiger partial charge in [0, 0.05) is 0 Å². The normalized spacial score (nSPS) is 52.3. The summed E-state index contributed by atoms with van der Waals surface area (Å²) in [6.45, 7) is 10.2. The minimum absolute atomic E-state index is 0.00483. The summed E-state index contributed by atoms with van der Waals surface area (Å²) < 4.78 is 23.5. The molecule has 0 spiro atoms. The van der Waals surface area contributed by atoms with E-state index in [1.165, 1.54) is 0 Å². The molecule has 9 N–H and O–H groups in total. The first kappa shape index (κ1) is 39.6. The molecule has 2 aliphatic heterocycles. The molecule has 6 aliphatic rings. The Morgan fingerprint density at radius 3 is 2.25 bits per heavy atom. The van der Waals surface area contributed by atoms with Crippen LogP contribution in [0.3, 0.4) is 0 Å². The smallest absolute Gasteiger partial charge is 0.187 e. The summed E-state index contributed by atoms with van der Waals surface area (Å²) in [5.41, 5.74) is 0.0410. The van der Waals surface area contributed by atoms with Gasteiger partial charge in [-0.2, -0.15) is 0 Å². The number of rotatable bonds is 9. The third-order valence-corrected chi connectivity index (χ3v) is 13.8. The van der Waals surface area contributed by atoms with Gasteiger partial charge >= 0.3 is 0 Å². The summed E-state index contributed by atoms with van der Waals surface area (Å²) in [6.07, 6.45) is -7.04. The SMILES string of the molecule is CC(C)C/C=C/[C@@H](C)[C@H]1CC[C@H]2[C@@H]3[C@@H](O)C=C4[C@@H](OC5OC[C@@H](O)[C@H](O)[C@H]5OC5O[C@H](CO)[C@H](O)[C@H](O)[C@H]5O)[C@@H](O)[C@H](O)C[C@]4(C)[C@H]3CC[C@]12C. The molecule has 0 aromatic carbocycles. The Kier molecular flexibility index (Phi) is 11.8. The highest BCUT2D eigenvalue weighted by atomic mass is 16.8. The Morgan fingerprint density at radius 1 is 0.843 bits per heavy atom. The molecule has 0 bridgehead atoms. The zero-order chi connectivity index (χ0) is 37.2. The predicted molar refractivity (Wildman–Crippen MR) is 182 cm³/mol. The van der Waals surface area contributed by atoms with E-state index in [4.69, 9.17) is 18.9 Å². The Morgan fingerprint density at radius 2 is 1.57 bits per heavy atom. The number of fused-ring (bicyclic) bond motifs is 5. The summed E-state index contributed by atoms with van der Waals surface area (Å²) in [7, 11) is 0. The van der Waals surface area contributed by atoms with E-state index in [0.717, 1.165) is 32.1 Å². The number of hydrogen-bond acceptors (Lipinski definition) is 13. The van der Waals surface area contributed by atoms with Gasteiger partial charge < -0.3 is 64.9 Å². The summed E-state index contributed by atoms with van der Waals surface area (Å²) in [4.78, 5) is 0. The van der Waals surface area contributed by atoms with Gasteiger partial charge in [0.1, 0.15) is 54.9 Å². The standard InChI is InChI=1S/C38H62O13/c1-17(2)7-6-8-18(3)19-9-10-20-27-21(11-12-37(19,20)4)38(5)14-24(41)28(43)33(22(38)13-23(27)40)50-36-34(29(44)25(42)16-48-36)51-35-32(47)31(46)30(45)26(15-39)49-35/h6,8,13,17-21,23-36,39-47H,7,9-12,14-16H2,1-5H3/b8-6+/t18-,19-,20+,21+,23+,24-,25-,26-,27+,28+,29+,30+,31+,32-,33-,34-,35?,36?,37-,38-/m1/s1. The average molecular weight is 727 g/mol. The Balaban J connectivity index is 1.25. The van der Waals surface area contributed by atoms with Crippen LogP contribution in [0.5, 0.6) is 0 Å². The fourth-order valence-corrected chi connectivity index (χ4v) is 11.0. The zero-order valence-corrected chi connectivity index (χ0v) is 30.5. The minimum Gasteiger partial charge on any atom is -0.394 e. The molecule has 51 heavy (non-hydrogen) atoms. The molecule has 13 heteroatoms. The third kappa shape index (κ3) is 7.03. The van der Waals surface area contributed by atoms with Crippen LogP contribution in [0.4, 0.5) is 0 Å². The van der Waals surface area contributed by atoms with Gasteiger partial charge in [-0.05, 0) is 90.4 Å². The van der Waals surface area contributed by atoms with Crippen molar-refractivity contribution in [2.24, 2.45) is 46.3 Å². The highest BCUT2D eigenvalue weighted by Gasteiger charge is 2.64. The number of aliphatic hydroxyl groups excluding tert-OH is 9. The summed E-state index contributed by atoms with van der Waals surface area (Å²) >= 11 is 0. The summed E-state index contributed by atoms with van der Waals surface area (Å²) in [5.74, 6) is 1.77. The molecule has 6 rings (SSSR count). The quantitative estimate of drug-likeness (QED) is 0.147. The second kappa shape index (κ2) is 15.2. The molecule has 0 aromatic heterocycles. The van der Waals surface area contributed by atoms with Gasteiger partial charge in [0.15, 0.2) is 12.6 Å². The molecule has 3 saturated carbocycles. The molecule has 0 radical (unpaired) electrons. The van der Waals surface area contributed by atoms with E-state index in [-0.39, 0.29) is 36.2 Å². The van der Waals surface area contributed by atoms with Gasteiger partial charge in [0.05, 0.1) is 25.4 Å². The average Bonchev–Trinajstić information content (AvgIpc) is 3.44. The summed E-state index contributed by atoms with van der Waals surface area (Å²) in [5, 5.41) is 97.1. The number of hydrogen-bond donors (Lipinski definition) is 9. The van der Waals surface area contributed by atoms with E-state index in [2.05, 4.69) is 46.8 Å². The maximum absolute atomic E-state index is 12.0. The van der Waals surface area contributed by atoms with Crippen molar-refractivity contribution < 1.29 is 64.9 Å².